The number of anilines is 2. The van der Waals surface area contributed by atoms with Crippen molar-refractivity contribution in [2.24, 2.45) is 0 Å². The summed E-state index contributed by atoms with van der Waals surface area (Å²) in [6.07, 6.45) is 6.52. The number of hydrogen-bond donors (Lipinski definition) is 0. The largest absolute Gasteiger partial charge is 0.422 e. The Hall–Kier alpha value is -3.55. The van der Waals surface area contributed by atoms with Gasteiger partial charge in [-0.2, -0.15) is 0 Å². The standard InChI is InChI=1S/C35H32NO2P/c1-33(2)21-35-22-34(3,4)26-14-10-18-30(32(26)35)38-39(37-29-17-9-13-25(33)31(29)35)36-27-15-7-5-11-23(27)19-20-24-12-6-8-16-28(24)36/h5-20H,21-22H2,1-4H3. The zero-order valence-electron chi connectivity index (χ0n) is 22.9. The number of hydrogen-bond acceptors (Lipinski definition) is 3. The molecule has 4 aromatic rings. The van der Waals surface area contributed by atoms with Crippen molar-refractivity contribution in [3.8, 4) is 11.5 Å². The maximum Gasteiger partial charge on any atom is 0.422 e. The van der Waals surface area contributed by atoms with Gasteiger partial charge < -0.3 is 9.05 Å². The summed E-state index contributed by atoms with van der Waals surface area (Å²) < 4.78 is 16.6. The van der Waals surface area contributed by atoms with E-state index in [4.69, 9.17) is 9.05 Å². The molecule has 8 rings (SSSR count). The van der Waals surface area contributed by atoms with Gasteiger partial charge in [-0.05, 0) is 70.2 Å². The van der Waals surface area contributed by atoms with Gasteiger partial charge in [0.05, 0.1) is 11.4 Å². The fourth-order valence-electron chi connectivity index (χ4n) is 7.97. The third-order valence-electron chi connectivity index (χ3n) is 9.24. The molecule has 0 radical (unpaired) electrons. The van der Waals surface area contributed by atoms with Crippen molar-refractivity contribution in [1.29, 1.82) is 0 Å². The van der Waals surface area contributed by atoms with E-state index in [1.54, 1.807) is 0 Å². The van der Waals surface area contributed by atoms with Gasteiger partial charge in [0.25, 0.3) is 0 Å². The first-order valence-corrected chi connectivity index (χ1v) is 15.0. The van der Waals surface area contributed by atoms with Crippen molar-refractivity contribution >= 4 is 32.1 Å². The predicted molar refractivity (Wildman–Crippen MR) is 161 cm³/mol. The van der Waals surface area contributed by atoms with Crippen LogP contribution in [0.3, 0.4) is 0 Å². The molecule has 0 unspecified atom stereocenters. The van der Waals surface area contributed by atoms with Crippen molar-refractivity contribution < 1.29 is 9.05 Å². The van der Waals surface area contributed by atoms with E-state index in [0.29, 0.717) is 0 Å². The maximum atomic E-state index is 7.15. The summed E-state index contributed by atoms with van der Waals surface area (Å²) in [6.45, 7) is 9.58. The smallest absolute Gasteiger partial charge is 0.422 e. The van der Waals surface area contributed by atoms with Gasteiger partial charge in [0, 0.05) is 16.5 Å². The minimum Gasteiger partial charge on any atom is -0.422 e. The van der Waals surface area contributed by atoms with Gasteiger partial charge >= 0.3 is 8.53 Å². The molecule has 2 aliphatic carbocycles. The molecule has 2 heterocycles. The van der Waals surface area contributed by atoms with E-state index < -0.39 is 8.53 Å². The zero-order valence-corrected chi connectivity index (χ0v) is 23.8. The normalized spacial score (nSPS) is 20.4. The number of nitrogens with zero attached hydrogens (tertiary/aromatic N) is 1. The second kappa shape index (κ2) is 7.77. The first-order valence-electron chi connectivity index (χ1n) is 13.9. The van der Waals surface area contributed by atoms with Crippen molar-refractivity contribution in [1.82, 2.24) is 0 Å². The van der Waals surface area contributed by atoms with Crippen LogP contribution >= 0.6 is 8.53 Å². The summed E-state index contributed by atoms with van der Waals surface area (Å²) >= 11 is 0. The predicted octanol–water partition coefficient (Wildman–Crippen LogP) is 9.66. The summed E-state index contributed by atoms with van der Waals surface area (Å²) in [6, 6.07) is 30.4. The van der Waals surface area contributed by atoms with Crippen LogP contribution in [0.15, 0.2) is 84.9 Å². The first-order chi connectivity index (χ1) is 18.8. The lowest BCUT2D eigenvalue weighted by atomic mass is 9.72. The second-order valence-corrected chi connectivity index (χ2v) is 14.0. The maximum absolute atomic E-state index is 7.15. The lowest BCUT2D eigenvalue weighted by Crippen LogP contribution is -2.29. The molecule has 0 saturated heterocycles. The van der Waals surface area contributed by atoms with Crippen LogP contribution in [-0.4, -0.2) is 0 Å². The molecule has 39 heavy (non-hydrogen) atoms. The SMILES string of the molecule is CC1(C)CC23CC(C)(C)c4cccc(c42)OP(N2c4ccccc4C=Cc4ccccc42)Oc2cccc1c23. The molecule has 0 N–H and O–H groups in total. The topological polar surface area (TPSA) is 21.7 Å². The Morgan fingerprint density at radius 3 is 1.54 bits per heavy atom. The van der Waals surface area contributed by atoms with Crippen molar-refractivity contribution in [2.75, 3.05) is 4.67 Å². The molecule has 1 spiro atoms. The molecule has 0 atom stereocenters. The molecule has 4 aliphatic rings. The highest BCUT2D eigenvalue weighted by Gasteiger charge is 2.59. The van der Waals surface area contributed by atoms with E-state index in [2.05, 4.69) is 129 Å². The molecule has 0 amide bonds. The lowest BCUT2D eigenvalue weighted by Gasteiger charge is -2.38. The number of benzene rings is 4. The van der Waals surface area contributed by atoms with E-state index in [0.717, 1.165) is 46.8 Å². The van der Waals surface area contributed by atoms with Gasteiger partial charge in [-0.1, -0.05) is 101 Å². The molecular formula is C35H32NO2P. The summed E-state index contributed by atoms with van der Waals surface area (Å²) in [4.78, 5) is 0. The monoisotopic (exact) mass is 529 g/mol. The summed E-state index contributed by atoms with van der Waals surface area (Å²) in [5, 5.41) is 0. The molecule has 194 valence electrons. The quantitative estimate of drug-likeness (QED) is 0.229. The Bertz CT molecular complexity index is 1580. The van der Waals surface area contributed by atoms with E-state index in [1.165, 1.54) is 22.3 Å². The average Bonchev–Trinajstić information content (AvgIpc) is 3.19. The Kier molecular flexibility index (Phi) is 4.65. The number of rotatable bonds is 1. The molecule has 0 fully saturated rings. The zero-order chi connectivity index (χ0) is 26.6. The minimum absolute atomic E-state index is 0.0400. The van der Waals surface area contributed by atoms with E-state index in [-0.39, 0.29) is 16.2 Å². The average molecular weight is 530 g/mol. The van der Waals surface area contributed by atoms with Crippen LogP contribution in [0.2, 0.25) is 0 Å². The van der Waals surface area contributed by atoms with Crippen LogP contribution < -0.4 is 13.7 Å². The van der Waals surface area contributed by atoms with Crippen LogP contribution in [0.25, 0.3) is 12.2 Å². The molecule has 4 aromatic carbocycles. The molecule has 4 heteroatoms. The summed E-state index contributed by atoms with van der Waals surface area (Å²) in [5.74, 6) is 1.93. The summed E-state index contributed by atoms with van der Waals surface area (Å²) in [7, 11) is -1.58. The summed E-state index contributed by atoms with van der Waals surface area (Å²) in [5.41, 5.74) is 10.0. The van der Waals surface area contributed by atoms with E-state index in [1.807, 2.05) is 0 Å². The van der Waals surface area contributed by atoms with Crippen LogP contribution in [0.5, 0.6) is 11.5 Å². The molecule has 0 bridgehead atoms. The highest BCUT2D eigenvalue weighted by molar-refractivity contribution is 7.50. The van der Waals surface area contributed by atoms with E-state index in [9.17, 15) is 0 Å². The lowest BCUT2D eigenvalue weighted by molar-refractivity contribution is 0.338. The van der Waals surface area contributed by atoms with Gasteiger partial charge in [0.2, 0.25) is 0 Å². The minimum atomic E-state index is -1.58. The van der Waals surface area contributed by atoms with Crippen LogP contribution in [0.4, 0.5) is 11.4 Å². The van der Waals surface area contributed by atoms with Gasteiger partial charge in [0.15, 0.2) is 0 Å². The Morgan fingerprint density at radius 2 is 1.05 bits per heavy atom. The fourth-order valence-corrected chi connectivity index (χ4v) is 9.52. The van der Waals surface area contributed by atoms with Gasteiger partial charge in [-0.15, -0.1) is 0 Å². The molecule has 0 saturated carbocycles. The van der Waals surface area contributed by atoms with Crippen molar-refractivity contribution in [3.05, 3.63) is 118 Å². The second-order valence-electron chi connectivity index (χ2n) is 12.7. The highest BCUT2D eigenvalue weighted by Crippen LogP contribution is 2.69. The first kappa shape index (κ1) is 23.3. The fraction of sp³-hybridized carbons (Fsp3) is 0.257. The van der Waals surface area contributed by atoms with Gasteiger partial charge in [-0.3, -0.25) is 4.67 Å². The van der Waals surface area contributed by atoms with Gasteiger partial charge in [0.1, 0.15) is 11.5 Å². The highest BCUT2D eigenvalue weighted by atomic mass is 31.2. The van der Waals surface area contributed by atoms with E-state index >= 15 is 0 Å². The van der Waals surface area contributed by atoms with Crippen LogP contribution in [0.1, 0.15) is 73.9 Å². The third kappa shape index (κ3) is 3.14. The molecule has 2 aliphatic heterocycles. The van der Waals surface area contributed by atoms with Gasteiger partial charge in [-0.25, -0.2) is 0 Å². The van der Waals surface area contributed by atoms with Crippen molar-refractivity contribution in [3.63, 3.8) is 0 Å². The number of fused-ring (bicyclic) bond motifs is 2. The molecule has 3 nitrogen and oxygen atoms in total. The Balaban J connectivity index is 1.42. The Morgan fingerprint density at radius 1 is 0.590 bits per heavy atom. The third-order valence-corrected chi connectivity index (χ3v) is 10.7. The number of para-hydroxylation sites is 2. The Labute approximate surface area is 232 Å². The van der Waals surface area contributed by atoms with Crippen molar-refractivity contribution in [2.45, 2.75) is 56.8 Å². The molecule has 0 aromatic heterocycles. The molecular weight excluding hydrogens is 497 g/mol. The van der Waals surface area contributed by atoms with Crippen LogP contribution in [-0.2, 0) is 16.2 Å². The van der Waals surface area contributed by atoms with Crippen LogP contribution in [0, 0.1) is 0 Å².